The average Bonchev–Trinajstić information content (AvgIpc) is 2.77. The van der Waals surface area contributed by atoms with Gasteiger partial charge in [-0.25, -0.2) is 9.48 Å². The lowest BCUT2D eigenvalue weighted by Gasteiger charge is -2.16. The second-order valence-electron chi connectivity index (χ2n) is 5.56. The molecule has 1 aromatic carbocycles. The van der Waals surface area contributed by atoms with Crippen molar-refractivity contribution in [2.75, 3.05) is 0 Å². The van der Waals surface area contributed by atoms with E-state index < -0.39 is 12.1 Å². The molecule has 0 aliphatic rings. The second kappa shape index (κ2) is 7.45. The lowest BCUT2D eigenvalue weighted by atomic mass is 10.1. The minimum atomic E-state index is -1.11. The minimum absolute atomic E-state index is 0.0333. The average molecular weight is 364 g/mol. The van der Waals surface area contributed by atoms with E-state index in [4.69, 9.17) is 31.4 Å². The highest BCUT2D eigenvalue weighted by Crippen LogP contribution is 2.37. The highest BCUT2D eigenvalue weighted by molar-refractivity contribution is 6.32. The van der Waals surface area contributed by atoms with Crippen molar-refractivity contribution in [3.05, 3.63) is 34.0 Å². The molecular formula is C17H18ClN3O4. The molecule has 0 aliphatic carbocycles. The maximum atomic E-state index is 11.0. The summed E-state index contributed by atoms with van der Waals surface area (Å²) in [5.41, 5.74) is 2.18. The number of carboxylic acid groups (broad SMARTS) is 1. The molecule has 0 bridgehead atoms. The van der Waals surface area contributed by atoms with Crippen molar-refractivity contribution >= 4 is 17.6 Å². The Labute approximate surface area is 150 Å². The first kappa shape index (κ1) is 18.6. The number of benzene rings is 1. The number of hydrogen-bond acceptors (Lipinski definition) is 5. The predicted molar refractivity (Wildman–Crippen MR) is 91.3 cm³/mol. The molecule has 132 valence electrons. The highest BCUT2D eigenvalue weighted by Gasteiger charge is 2.19. The molecule has 25 heavy (non-hydrogen) atoms. The summed E-state index contributed by atoms with van der Waals surface area (Å²) in [6, 6.07) is 5.04. The van der Waals surface area contributed by atoms with Crippen molar-refractivity contribution in [2.45, 2.75) is 33.3 Å². The molecule has 1 N–H and O–H groups in total. The summed E-state index contributed by atoms with van der Waals surface area (Å²) in [7, 11) is 1.75. The van der Waals surface area contributed by atoms with Gasteiger partial charge in [0.2, 0.25) is 5.88 Å². The zero-order chi connectivity index (χ0) is 18.7. The van der Waals surface area contributed by atoms with Crippen LogP contribution in [0.5, 0.6) is 17.4 Å². The van der Waals surface area contributed by atoms with Crippen LogP contribution in [0.1, 0.15) is 23.7 Å². The van der Waals surface area contributed by atoms with Crippen LogP contribution in [0.4, 0.5) is 0 Å². The van der Waals surface area contributed by atoms with Crippen LogP contribution in [0.3, 0.4) is 0 Å². The summed E-state index contributed by atoms with van der Waals surface area (Å²) < 4.78 is 12.9. The number of carbonyl (C=O) groups is 1. The molecular weight excluding hydrogens is 346 g/mol. The first-order chi connectivity index (χ1) is 11.7. The van der Waals surface area contributed by atoms with E-state index in [0.29, 0.717) is 22.2 Å². The molecule has 2 rings (SSSR count). The molecule has 0 spiro atoms. The van der Waals surface area contributed by atoms with E-state index in [1.54, 1.807) is 17.8 Å². The van der Waals surface area contributed by atoms with Gasteiger partial charge in [0.25, 0.3) is 0 Å². The number of ether oxygens (including phenoxy) is 2. The van der Waals surface area contributed by atoms with Crippen LogP contribution in [-0.4, -0.2) is 27.0 Å². The number of nitrogens with zero attached hydrogens (tertiary/aromatic N) is 3. The molecule has 0 unspecified atom stereocenters. The van der Waals surface area contributed by atoms with E-state index in [-0.39, 0.29) is 12.2 Å². The first-order valence-electron chi connectivity index (χ1n) is 7.51. The second-order valence-corrected chi connectivity index (χ2v) is 5.97. The topological polar surface area (TPSA) is 97.4 Å². The zero-order valence-electron chi connectivity index (χ0n) is 14.3. The first-order valence-corrected chi connectivity index (χ1v) is 7.89. The summed E-state index contributed by atoms with van der Waals surface area (Å²) in [4.78, 5) is 11.0. The number of halogens is 1. The molecule has 8 heteroatoms. The lowest BCUT2D eigenvalue weighted by molar-refractivity contribution is -0.144. The standard InChI is InChI=1S/C17H18ClN3O4/c1-9-10(2)20-21(4)16(9)25-15-8-14(24-11(3)17(22)23)12(5-6-19)7-13(15)18/h7-8,11H,5H2,1-4H3,(H,22,23)/t11-/m0/s1. The predicted octanol–water partition coefficient (Wildman–Crippen LogP) is 3.40. The molecule has 1 atom stereocenters. The van der Waals surface area contributed by atoms with Crippen molar-refractivity contribution in [1.29, 1.82) is 5.26 Å². The number of aryl methyl sites for hydroxylation is 2. The fourth-order valence-electron chi connectivity index (χ4n) is 2.22. The number of aliphatic carboxylic acids is 1. The van der Waals surface area contributed by atoms with E-state index in [0.717, 1.165) is 11.3 Å². The fraction of sp³-hybridized carbons (Fsp3) is 0.353. The fourth-order valence-corrected chi connectivity index (χ4v) is 2.44. The van der Waals surface area contributed by atoms with Crippen LogP contribution >= 0.6 is 11.6 Å². The van der Waals surface area contributed by atoms with Gasteiger partial charge >= 0.3 is 5.97 Å². The van der Waals surface area contributed by atoms with Gasteiger partial charge < -0.3 is 14.6 Å². The summed E-state index contributed by atoms with van der Waals surface area (Å²) in [5.74, 6) is -0.0578. The van der Waals surface area contributed by atoms with Crippen LogP contribution in [0.15, 0.2) is 12.1 Å². The molecule has 0 saturated carbocycles. The molecule has 1 aromatic heterocycles. The summed E-state index contributed by atoms with van der Waals surface area (Å²) in [6.45, 7) is 5.14. The number of rotatable bonds is 6. The van der Waals surface area contributed by atoms with Gasteiger partial charge in [0.05, 0.1) is 23.2 Å². The third-order valence-electron chi connectivity index (χ3n) is 3.70. The lowest BCUT2D eigenvalue weighted by Crippen LogP contribution is -2.23. The van der Waals surface area contributed by atoms with Crippen molar-refractivity contribution in [3.63, 3.8) is 0 Å². The van der Waals surface area contributed by atoms with Crippen LogP contribution in [0, 0.1) is 25.2 Å². The number of carboxylic acids is 1. The Morgan fingerprint density at radius 3 is 2.64 bits per heavy atom. The van der Waals surface area contributed by atoms with Gasteiger partial charge in [-0.15, -0.1) is 0 Å². The maximum absolute atomic E-state index is 11.0. The molecule has 7 nitrogen and oxygen atoms in total. The van der Waals surface area contributed by atoms with Crippen molar-refractivity contribution in [3.8, 4) is 23.4 Å². The van der Waals surface area contributed by atoms with Crippen LogP contribution < -0.4 is 9.47 Å². The largest absolute Gasteiger partial charge is 0.479 e. The third-order valence-corrected chi connectivity index (χ3v) is 4.00. The smallest absolute Gasteiger partial charge is 0.344 e. The zero-order valence-corrected chi connectivity index (χ0v) is 15.1. The Morgan fingerprint density at radius 1 is 1.44 bits per heavy atom. The Morgan fingerprint density at radius 2 is 2.12 bits per heavy atom. The molecule has 0 amide bonds. The number of hydrogen-bond donors (Lipinski definition) is 1. The monoisotopic (exact) mass is 363 g/mol. The molecule has 2 aromatic rings. The Balaban J connectivity index is 2.44. The van der Waals surface area contributed by atoms with E-state index in [9.17, 15) is 4.79 Å². The summed E-state index contributed by atoms with van der Waals surface area (Å²) in [5, 5.41) is 22.6. The van der Waals surface area contributed by atoms with Crippen LogP contribution in [0.25, 0.3) is 0 Å². The Kier molecular flexibility index (Phi) is 5.55. The number of aromatic nitrogens is 2. The van der Waals surface area contributed by atoms with E-state index in [2.05, 4.69) is 5.10 Å². The summed E-state index contributed by atoms with van der Waals surface area (Å²) in [6.07, 6.45) is -1.04. The number of nitriles is 1. The van der Waals surface area contributed by atoms with Gasteiger partial charge in [0.15, 0.2) is 11.9 Å². The summed E-state index contributed by atoms with van der Waals surface area (Å²) >= 11 is 6.26. The Bertz CT molecular complexity index is 855. The molecule has 0 radical (unpaired) electrons. The van der Waals surface area contributed by atoms with E-state index in [1.807, 2.05) is 19.9 Å². The Hall–Kier alpha value is -2.72. The molecule has 0 aliphatic heterocycles. The van der Waals surface area contributed by atoms with Crippen LogP contribution in [-0.2, 0) is 18.3 Å². The van der Waals surface area contributed by atoms with Gasteiger partial charge in [-0.05, 0) is 26.8 Å². The van der Waals surface area contributed by atoms with Gasteiger partial charge in [-0.3, -0.25) is 0 Å². The maximum Gasteiger partial charge on any atom is 0.344 e. The van der Waals surface area contributed by atoms with Gasteiger partial charge in [0, 0.05) is 24.2 Å². The minimum Gasteiger partial charge on any atom is -0.479 e. The normalized spacial score (nSPS) is 11.7. The molecule has 0 fully saturated rings. The molecule has 1 heterocycles. The molecule has 0 saturated heterocycles. The highest BCUT2D eigenvalue weighted by atomic mass is 35.5. The SMILES string of the molecule is Cc1nn(C)c(Oc2cc(O[C@@H](C)C(=O)O)c(CC#N)cc2Cl)c1C. The van der Waals surface area contributed by atoms with Crippen molar-refractivity contribution in [1.82, 2.24) is 9.78 Å². The quantitative estimate of drug-likeness (QED) is 0.844. The van der Waals surface area contributed by atoms with Crippen molar-refractivity contribution in [2.24, 2.45) is 7.05 Å². The van der Waals surface area contributed by atoms with Crippen LogP contribution in [0.2, 0.25) is 5.02 Å². The van der Waals surface area contributed by atoms with Crippen molar-refractivity contribution < 1.29 is 19.4 Å². The van der Waals surface area contributed by atoms with E-state index in [1.165, 1.54) is 13.0 Å². The van der Waals surface area contributed by atoms with E-state index >= 15 is 0 Å². The third kappa shape index (κ3) is 4.03. The van der Waals surface area contributed by atoms with Gasteiger partial charge in [0.1, 0.15) is 5.75 Å². The van der Waals surface area contributed by atoms with Gasteiger partial charge in [-0.2, -0.15) is 10.4 Å². The van der Waals surface area contributed by atoms with Gasteiger partial charge in [-0.1, -0.05) is 11.6 Å².